The number of nitrogens with zero attached hydrogens (tertiary/aromatic N) is 1. The van der Waals surface area contributed by atoms with E-state index >= 15 is 0 Å². The van der Waals surface area contributed by atoms with Gasteiger partial charge >= 0.3 is 0 Å². The average molecular weight is 352 g/mol. The van der Waals surface area contributed by atoms with Crippen LogP contribution in [0.2, 0.25) is 0 Å². The molecule has 5 rings (SSSR count). The minimum Gasteiger partial charge on any atom is -0.360 e. The summed E-state index contributed by atoms with van der Waals surface area (Å²) in [7, 11) is 0. The van der Waals surface area contributed by atoms with E-state index in [1.807, 2.05) is 36.7 Å². The maximum atomic E-state index is 12.1. The van der Waals surface area contributed by atoms with Gasteiger partial charge in [0.2, 0.25) is 0 Å². The van der Waals surface area contributed by atoms with E-state index in [1.54, 1.807) is 54.7 Å². The lowest BCUT2D eigenvalue weighted by Gasteiger charge is -2.16. The van der Waals surface area contributed by atoms with E-state index in [4.69, 9.17) is 0 Å². The summed E-state index contributed by atoms with van der Waals surface area (Å²) in [5.41, 5.74) is 4.25. The molecular weight excluding hydrogens is 336 g/mol. The largest absolute Gasteiger partial charge is 0.360 e. The molecule has 0 spiro atoms. The van der Waals surface area contributed by atoms with Crippen LogP contribution in [0.25, 0.3) is 0 Å². The predicted octanol–water partition coefficient (Wildman–Crippen LogP) is 4.46. The molecule has 0 saturated heterocycles. The van der Waals surface area contributed by atoms with Crippen LogP contribution in [0.4, 0.5) is 5.69 Å². The monoisotopic (exact) mass is 352 g/mol. The van der Waals surface area contributed by atoms with Gasteiger partial charge in [0.25, 0.3) is 0 Å². The molecule has 3 aromatic carbocycles. The van der Waals surface area contributed by atoms with Crippen LogP contribution in [0.5, 0.6) is 0 Å². The van der Waals surface area contributed by atoms with Crippen LogP contribution in [0, 0.1) is 0 Å². The Kier molecular flexibility index (Phi) is 4.45. The van der Waals surface area contributed by atoms with E-state index in [1.165, 1.54) is 0 Å². The van der Waals surface area contributed by atoms with Gasteiger partial charge in [0, 0.05) is 52.1 Å². The number of carbonyl (C=O) groups is 2. The summed E-state index contributed by atoms with van der Waals surface area (Å²) in [5.74, 6) is -0.128. The summed E-state index contributed by atoms with van der Waals surface area (Å²) in [6, 6.07) is 22.0. The molecular formula is C23H16N2O2. The highest BCUT2D eigenvalue weighted by Crippen LogP contribution is 2.26. The molecule has 0 radical (unpaired) electrons. The van der Waals surface area contributed by atoms with Crippen molar-refractivity contribution >= 4 is 23.5 Å². The minimum atomic E-state index is -0.0641. The van der Waals surface area contributed by atoms with Crippen molar-refractivity contribution in [2.75, 3.05) is 5.32 Å². The molecule has 4 heteroatoms. The van der Waals surface area contributed by atoms with Gasteiger partial charge in [-0.2, -0.15) is 0 Å². The quantitative estimate of drug-likeness (QED) is 0.508. The molecule has 2 aliphatic rings. The number of nitrogens with one attached hydrogen (secondary N) is 1. The van der Waals surface area contributed by atoms with Gasteiger partial charge in [-0.05, 0) is 6.07 Å². The van der Waals surface area contributed by atoms with Crippen LogP contribution in [0.1, 0.15) is 37.4 Å². The highest BCUT2D eigenvalue weighted by Gasteiger charge is 2.28. The number of carbonyl (C=O) groups excluding carboxylic acids is 2. The molecule has 27 heavy (non-hydrogen) atoms. The first-order valence-corrected chi connectivity index (χ1v) is 8.57. The van der Waals surface area contributed by atoms with Crippen LogP contribution in [-0.4, -0.2) is 17.8 Å². The van der Waals surface area contributed by atoms with Gasteiger partial charge in [-0.25, -0.2) is 0 Å². The van der Waals surface area contributed by atoms with Crippen LogP contribution >= 0.6 is 0 Å². The number of para-hydroxylation sites is 1. The smallest absolute Gasteiger partial charge is 0.194 e. The fourth-order valence-electron chi connectivity index (χ4n) is 3.08. The van der Waals surface area contributed by atoms with E-state index in [-0.39, 0.29) is 11.6 Å². The van der Waals surface area contributed by atoms with Crippen molar-refractivity contribution in [2.24, 2.45) is 4.99 Å². The Bertz CT molecular complexity index is 991. The van der Waals surface area contributed by atoms with Gasteiger partial charge in [-0.3, -0.25) is 14.6 Å². The fourth-order valence-corrected chi connectivity index (χ4v) is 3.08. The van der Waals surface area contributed by atoms with Gasteiger partial charge in [-0.1, -0.05) is 66.7 Å². The zero-order chi connectivity index (χ0) is 18.6. The number of benzene rings is 3. The lowest BCUT2D eigenvalue weighted by Crippen LogP contribution is -2.20. The fraction of sp³-hybridized carbons (Fsp3) is 0. The Balaban J connectivity index is 0.000000143. The zero-order valence-electron chi connectivity index (χ0n) is 14.4. The molecule has 1 heterocycles. The maximum Gasteiger partial charge on any atom is 0.194 e. The molecule has 0 aromatic heterocycles. The summed E-state index contributed by atoms with van der Waals surface area (Å²) >= 11 is 0. The summed E-state index contributed by atoms with van der Waals surface area (Å²) in [5, 5.41) is 3.12. The third-order valence-corrected chi connectivity index (χ3v) is 4.41. The van der Waals surface area contributed by atoms with Gasteiger partial charge in [0.1, 0.15) is 0 Å². The average Bonchev–Trinajstić information content (AvgIpc) is 2.98. The van der Waals surface area contributed by atoms with Crippen molar-refractivity contribution < 1.29 is 9.59 Å². The molecule has 1 aliphatic heterocycles. The normalized spacial score (nSPS) is 13.3. The second-order valence-electron chi connectivity index (χ2n) is 6.07. The Morgan fingerprint density at radius 2 is 1.11 bits per heavy atom. The predicted molar refractivity (Wildman–Crippen MR) is 107 cm³/mol. The lowest BCUT2D eigenvalue weighted by molar-refractivity contribution is 0.0979. The molecule has 1 N–H and O–H groups in total. The molecule has 0 fully saturated rings. The number of hydrogen-bond acceptors (Lipinski definition) is 4. The standard InChI is InChI=1S/C14H8O2.C9H8N2/c15-13-9-5-1-2-6-10(9)14(16)12-8-4-3-7-11(12)13;1-2-4-9-8(3-1)7-10-5-6-11-9/h1-8H;1-7,11H. The van der Waals surface area contributed by atoms with E-state index in [9.17, 15) is 9.59 Å². The Morgan fingerprint density at radius 3 is 1.67 bits per heavy atom. The first kappa shape index (κ1) is 16.7. The van der Waals surface area contributed by atoms with E-state index in [0.717, 1.165) is 11.3 Å². The molecule has 1 aliphatic carbocycles. The summed E-state index contributed by atoms with van der Waals surface area (Å²) < 4.78 is 0. The van der Waals surface area contributed by atoms with E-state index in [2.05, 4.69) is 10.3 Å². The third-order valence-electron chi connectivity index (χ3n) is 4.41. The molecule has 0 amide bonds. The van der Waals surface area contributed by atoms with Crippen LogP contribution in [-0.2, 0) is 0 Å². The minimum absolute atomic E-state index is 0.0641. The molecule has 4 nitrogen and oxygen atoms in total. The molecule has 0 bridgehead atoms. The highest BCUT2D eigenvalue weighted by atomic mass is 16.1. The summed E-state index contributed by atoms with van der Waals surface area (Å²) in [6.45, 7) is 0. The zero-order valence-corrected chi connectivity index (χ0v) is 14.4. The third kappa shape index (κ3) is 3.20. The Labute approximate surface area is 156 Å². The summed E-state index contributed by atoms with van der Waals surface area (Å²) in [4.78, 5) is 28.2. The molecule has 0 atom stereocenters. The van der Waals surface area contributed by atoms with E-state index in [0.29, 0.717) is 22.3 Å². The Morgan fingerprint density at radius 1 is 0.630 bits per heavy atom. The second-order valence-corrected chi connectivity index (χ2v) is 6.07. The van der Waals surface area contributed by atoms with Crippen LogP contribution in [0.3, 0.4) is 0 Å². The maximum absolute atomic E-state index is 12.1. The molecule has 130 valence electrons. The van der Waals surface area contributed by atoms with Gasteiger partial charge in [0.05, 0.1) is 0 Å². The topological polar surface area (TPSA) is 58.5 Å². The molecule has 0 saturated carbocycles. The van der Waals surface area contributed by atoms with Crippen molar-refractivity contribution in [1.82, 2.24) is 0 Å². The number of ketones is 2. The molecule has 0 unspecified atom stereocenters. The first-order chi connectivity index (χ1) is 13.3. The number of anilines is 1. The van der Waals surface area contributed by atoms with E-state index < -0.39 is 0 Å². The van der Waals surface area contributed by atoms with Gasteiger partial charge < -0.3 is 5.32 Å². The number of rotatable bonds is 0. The number of aliphatic imine (C=N–C) groups is 1. The van der Waals surface area contributed by atoms with Crippen molar-refractivity contribution in [3.05, 3.63) is 113 Å². The SMILES string of the molecule is C1=CNc2ccccc2C=N1.O=C1c2ccccc2C(=O)c2ccccc21. The van der Waals surface area contributed by atoms with Gasteiger partial charge in [0.15, 0.2) is 11.6 Å². The van der Waals surface area contributed by atoms with Crippen LogP contribution < -0.4 is 5.32 Å². The number of hydrogen-bond donors (Lipinski definition) is 1. The number of fused-ring (bicyclic) bond motifs is 3. The Hall–Kier alpha value is -3.79. The van der Waals surface area contributed by atoms with Gasteiger partial charge in [-0.15, -0.1) is 0 Å². The first-order valence-electron chi connectivity index (χ1n) is 8.57. The van der Waals surface area contributed by atoms with Crippen molar-refractivity contribution in [3.8, 4) is 0 Å². The van der Waals surface area contributed by atoms with Crippen molar-refractivity contribution in [1.29, 1.82) is 0 Å². The van der Waals surface area contributed by atoms with Crippen molar-refractivity contribution in [2.45, 2.75) is 0 Å². The molecule has 3 aromatic rings. The van der Waals surface area contributed by atoms with Crippen LogP contribution in [0.15, 0.2) is 90.2 Å². The highest BCUT2D eigenvalue weighted by molar-refractivity contribution is 6.28. The summed E-state index contributed by atoms with van der Waals surface area (Å²) in [6.07, 6.45) is 5.40. The second kappa shape index (κ2) is 7.22. The van der Waals surface area contributed by atoms with Crippen molar-refractivity contribution in [3.63, 3.8) is 0 Å². The lowest BCUT2D eigenvalue weighted by atomic mass is 9.84.